The van der Waals surface area contributed by atoms with Crippen LogP contribution in [0.25, 0.3) is 0 Å². The summed E-state index contributed by atoms with van der Waals surface area (Å²) in [5.41, 5.74) is -0.151. The van der Waals surface area contributed by atoms with Crippen LogP contribution in [0.15, 0.2) is 18.2 Å². The van der Waals surface area contributed by atoms with Crippen molar-refractivity contribution in [1.82, 2.24) is 0 Å². The molecule has 0 aliphatic rings. The number of unbranched alkanes of at least 4 members (excludes halogenated alkanes) is 7. The zero-order chi connectivity index (χ0) is 15.5. The van der Waals surface area contributed by atoms with Gasteiger partial charge in [0.2, 0.25) is 0 Å². The van der Waals surface area contributed by atoms with Gasteiger partial charge in [-0.15, -0.1) is 0 Å². The second-order valence-electron chi connectivity index (χ2n) is 5.20. The Kier molecular flexibility index (Phi) is 8.40. The Hall–Kier alpha value is -1.65. The van der Waals surface area contributed by atoms with E-state index in [1.165, 1.54) is 32.1 Å². The summed E-state index contributed by atoms with van der Waals surface area (Å²) in [6, 6.07) is 3.35. The highest BCUT2D eigenvalue weighted by atomic mass is 19.1. The maximum Gasteiger partial charge on any atom is 0.273 e. The molecule has 1 aromatic rings. The maximum atomic E-state index is 13.4. The standard InChI is InChI=1S/C16H24FNO3/c1-2-3-4-5-6-7-8-9-12-21-16-13-14(18(19)20)10-11-15(16)17/h10-11,13H,2-9,12H2,1H3. The first-order valence-corrected chi connectivity index (χ1v) is 7.72. The van der Waals surface area contributed by atoms with Crippen LogP contribution in [0.1, 0.15) is 58.3 Å². The second kappa shape index (κ2) is 10.1. The third-order valence-corrected chi connectivity index (χ3v) is 3.38. The van der Waals surface area contributed by atoms with E-state index in [4.69, 9.17) is 4.74 Å². The number of nitro benzene ring substituents is 1. The molecule has 0 aromatic heterocycles. The van der Waals surface area contributed by atoms with Crippen LogP contribution < -0.4 is 4.74 Å². The zero-order valence-electron chi connectivity index (χ0n) is 12.6. The predicted octanol–water partition coefficient (Wildman–Crippen LogP) is 5.25. The normalized spacial score (nSPS) is 10.6. The molecule has 1 rings (SSSR count). The van der Waals surface area contributed by atoms with Gasteiger partial charge in [0, 0.05) is 6.07 Å². The number of ether oxygens (including phenoxy) is 1. The van der Waals surface area contributed by atoms with Gasteiger partial charge in [-0.05, 0) is 12.5 Å². The first-order chi connectivity index (χ1) is 10.1. The van der Waals surface area contributed by atoms with E-state index in [1.54, 1.807) is 0 Å². The van der Waals surface area contributed by atoms with Crippen molar-refractivity contribution in [3.63, 3.8) is 0 Å². The topological polar surface area (TPSA) is 52.4 Å². The van der Waals surface area contributed by atoms with Gasteiger partial charge in [0.25, 0.3) is 5.69 Å². The van der Waals surface area contributed by atoms with Crippen LogP contribution in [0.5, 0.6) is 5.75 Å². The molecule has 0 fully saturated rings. The molecule has 0 saturated carbocycles. The summed E-state index contributed by atoms with van der Waals surface area (Å²) in [6.07, 6.45) is 9.39. The third kappa shape index (κ3) is 7.06. The van der Waals surface area contributed by atoms with Crippen LogP contribution in [0.3, 0.4) is 0 Å². The first kappa shape index (κ1) is 17.4. The SMILES string of the molecule is CCCCCCCCCCOc1cc([N+](=O)[O-])ccc1F. The number of hydrogen-bond acceptors (Lipinski definition) is 3. The minimum Gasteiger partial charge on any atom is -0.490 e. The molecule has 118 valence electrons. The van der Waals surface area contributed by atoms with E-state index in [9.17, 15) is 14.5 Å². The summed E-state index contributed by atoms with van der Waals surface area (Å²) < 4.78 is 18.7. The van der Waals surface area contributed by atoms with Crippen LogP contribution >= 0.6 is 0 Å². The smallest absolute Gasteiger partial charge is 0.273 e. The van der Waals surface area contributed by atoms with E-state index in [1.807, 2.05) is 0 Å². The fraction of sp³-hybridized carbons (Fsp3) is 0.625. The fourth-order valence-corrected chi connectivity index (χ4v) is 2.13. The Morgan fingerprint density at radius 3 is 2.33 bits per heavy atom. The van der Waals surface area contributed by atoms with Crippen molar-refractivity contribution in [2.45, 2.75) is 58.3 Å². The van der Waals surface area contributed by atoms with E-state index < -0.39 is 10.7 Å². The molecule has 0 saturated heterocycles. The minimum absolute atomic E-state index is 0.0351. The molecule has 1 aromatic carbocycles. The number of rotatable bonds is 11. The van der Waals surface area contributed by atoms with Gasteiger partial charge in [-0.25, -0.2) is 4.39 Å². The fourth-order valence-electron chi connectivity index (χ4n) is 2.13. The molecule has 0 unspecified atom stereocenters. The molecule has 5 heteroatoms. The highest BCUT2D eigenvalue weighted by Gasteiger charge is 2.11. The van der Waals surface area contributed by atoms with Crippen LogP contribution in [-0.2, 0) is 0 Å². The Bertz CT molecular complexity index is 438. The molecular weight excluding hydrogens is 273 g/mol. The van der Waals surface area contributed by atoms with Crippen molar-refractivity contribution in [1.29, 1.82) is 0 Å². The first-order valence-electron chi connectivity index (χ1n) is 7.72. The number of halogens is 1. The lowest BCUT2D eigenvalue weighted by Crippen LogP contribution is -2.00. The summed E-state index contributed by atoms with van der Waals surface area (Å²) in [6.45, 7) is 2.59. The number of hydrogen-bond donors (Lipinski definition) is 0. The molecule has 0 aliphatic heterocycles. The average Bonchev–Trinajstić information content (AvgIpc) is 2.47. The summed E-state index contributed by atoms with van der Waals surface area (Å²) >= 11 is 0. The summed E-state index contributed by atoms with van der Waals surface area (Å²) in [5, 5.41) is 10.6. The van der Waals surface area contributed by atoms with Crippen molar-refractivity contribution in [3.05, 3.63) is 34.1 Å². The number of non-ortho nitro benzene ring substituents is 1. The average molecular weight is 297 g/mol. The molecule has 0 bridgehead atoms. The zero-order valence-corrected chi connectivity index (χ0v) is 12.6. The van der Waals surface area contributed by atoms with Crippen molar-refractivity contribution in [2.24, 2.45) is 0 Å². The molecule has 0 amide bonds. The van der Waals surface area contributed by atoms with Gasteiger partial charge in [-0.2, -0.15) is 0 Å². The van der Waals surface area contributed by atoms with Gasteiger partial charge in [0.1, 0.15) is 0 Å². The van der Waals surface area contributed by atoms with E-state index in [0.717, 1.165) is 37.5 Å². The molecule has 0 spiro atoms. The van der Waals surface area contributed by atoms with Gasteiger partial charge in [0.15, 0.2) is 11.6 Å². The maximum absolute atomic E-state index is 13.4. The predicted molar refractivity (Wildman–Crippen MR) is 81.2 cm³/mol. The molecular formula is C16H24FNO3. The summed E-state index contributed by atoms with van der Waals surface area (Å²) in [5.74, 6) is -0.590. The van der Waals surface area contributed by atoms with E-state index >= 15 is 0 Å². The van der Waals surface area contributed by atoms with Gasteiger partial charge < -0.3 is 4.74 Å². The second-order valence-corrected chi connectivity index (χ2v) is 5.20. The largest absolute Gasteiger partial charge is 0.490 e. The number of nitrogens with zero attached hydrogens (tertiary/aromatic N) is 1. The highest BCUT2D eigenvalue weighted by Crippen LogP contribution is 2.23. The summed E-state index contributed by atoms with van der Waals surface area (Å²) in [4.78, 5) is 10.1. The molecule has 21 heavy (non-hydrogen) atoms. The lowest BCUT2D eigenvalue weighted by molar-refractivity contribution is -0.385. The van der Waals surface area contributed by atoms with Gasteiger partial charge in [-0.1, -0.05) is 51.9 Å². The van der Waals surface area contributed by atoms with E-state index in [-0.39, 0.29) is 11.4 Å². The molecule has 0 heterocycles. The molecule has 0 atom stereocenters. The third-order valence-electron chi connectivity index (χ3n) is 3.38. The molecule has 0 radical (unpaired) electrons. The Morgan fingerprint density at radius 1 is 1.10 bits per heavy atom. The quantitative estimate of drug-likeness (QED) is 0.318. The summed E-state index contributed by atoms with van der Waals surface area (Å²) in [7, 11) is 0. The van der Waals surface area contributed by atoms with Crippen molar-refractivity contribution < 1.29 is 14.1 Å². The Morgan fingerprint density at radius 2 is 1.71 bits per heavy atom. The lowest BCUT2D eigenvalue weighted by atomic mass is 10.1. The van der Waals surface area contributed by atoms with Crippen LogP contribution in [0.4, 0.5) is 10.1 Å². The molecule has 4 nitrogen and oxygen atoms in total. The Labute approximate surface area is 125 Å². The van der Waals surface area contributed by atoms with Gasteiger partial charge >= 0.3 is 0 Å². The van der Waals surface area contributed by atoms with Gasteiger partial charge in [0.05, 0.1) is 17.6 Å². The lowest BCUT2D eigenvalue weighted by Gasteiger charge is -2.07. The van der Waals surface area contributed by atoms with Crippen LogP contribution in [0, 0.1) is 15.9 Å². The molecule has 0 aliphatic carbocycles. The number of nitro groups is 1. The van der Waals surface area contributed by atoms with Crippen LogP contribution in [-0.4, -0.2) is 11.5 Å². The molecule has 0 N–H and O–H groups in total. The van der Waals surface area contributed by atoms with E-state index in [2.05, 4.69) is 6.92 Å². The Balaban J connectivity index is 2.18. The minimum atomic E-state index is -0.555. The van der Waals surface area contributed by atoms with Crippen molar-refractivity contribution in [3.8, 4) is 5.75 Å². The number of benzene rings is 1. The monoisotopic (exact) mass is 297 g/mol. The highest BCUT2D eigenvalue weighted by molar-refractivity contribution is 5.39. The van der Waals surface area contributed by atoms with Crippen molar-refractivity contribution in [2.75, 3.05) is 6.61 Å². The van der Waals surface area contributed by atoms with Crippen molar-refractivity contribution >= 4 is 5.69 Å². The van der Waals surface area contributed by atoms with Gasteiger partial charge in [-0.3, -0.25) is 10.1 Å². The van der Waals surface area contributed by atoms with E-state index in [0.29, 0.717) is 6.61 Å². The van der Waals surface area contributed by atoms with Crippen LogP contribution in [0.2, 0.25) is 0 Å².